The third-order valence-electron chi connectivity index (χ3n) is 6.00. The van der Waals surface area contributed by atoms with E-state index in [1.54, 1.807) is 0 Å². The molecule has 1 amide bonds. The molecule has 0 aromatic carbocycles. The Morgan fingerprint density at radius 2 is 2.00 bits per heavy atom. The second kappa shape index (κ2) is 7.30. The maximum atomic E-state index is 12.7. The van der Waals surface area contributed by atoms with Crippen molar-refractivity contribution in [2.24, 2.45) is 0 Å². The van der Waals surface area contributed by atoms with E-state index in [4.69, 9.17) is 0 Å². The zero-order chi connectivity index (χ0) is 17.2. The number of carbonyl (C=O) groups excluding carboxylic acids is 1. The van der Waals surface area contributed by atoms with Gasteiger partial charge < -0.3 is 10.2 Å². The van der Waals surface area contributed by atoms with E-state index >= 15 is 0 Å². The number of nitrogens with one attached hydrogen (secondary N) is 1. The molecule has 0 bridgehead atoms. The summed E-state index contributed by atoms with van der Waals surface area (Å²) in [4.78, 5) is 24.2. The Hall–Kier alpha value is -1.66. The number of piperazine rings is 1. The highest BCUT2D eigenvalue weighted by molar-refractivity contribution is 5.78. The number of nitrogens with zero attached hydrogens (tertiary/aromatic N) is 4. The van der Waals surface area contributed by atoms with E-state index in [1.807, 2.05) is 13.1 Å². The minimum atomic E-state index is 0.288. The Labute approximate surface area is 150 Å². The minimum absolute atomic E-state index is 0.288. The smallest absolute Gasteiger partial charge is 0.236 e. The number of fused-ring (bicyclic) bond motifs is 1. The monoisotopic (exact) mass is 343 g/mol. The van der Waals surface area contributed by atoms with Crippen LogP contribution < -0.4 is 5.32 Å². The highest BCUT2D eigenvalue weighted by Gasteiger charge is 2.30. The number of anilines is 1. The standard InChI is InChI=1S/C19H29N5O/c1-20-18-6-5-15-13-22(8-7-17(15)21-18)14-19(25)24-11-9-23(10-12-24)16-3-2-4-16/h5-6,16H,2-4,7-14H2,1H3,(H,20,21). The zero-order valence-corrected chi connectivity index (χ0v) is 15.2. The Morgan fingerprint density at radius 1 is 1.20 bits per heavy atom. The second-order valence-corrected chi connectivity index (χ2v) is 7.51. The summed E-state index contributed by atoms with van der Waals surface area (Å²) >= 11 is 0. The molecule has 0 unspecified atom stereocenters. The Kier molecular flexibility index (Phi) is 4.90. The van der Waals surface area contributed by atoms with Crippen LogP contribution in [0.2, 0.25) is 0 Å². The normalized spacial score (nSPS) is 22.4. The van der Waals surface area contributed by atoms with Crippen LogP contribution in [0.15, 0.2) is 12.1 Å². The lowest BCUT2D eigenvalue weighted by atomic mass is 9.91. The predicted octanol–water partition coefficient (Wildman–Crippen LogP) is 1.18. The van der Waals surface area contributed by atoms with Gasteiger partial charge in [0.15, 0.2) is 0 Å². The first-order chi connectivity index (χ1) is 12.2. The fourth-order valence-electron chi connectivity index (χ4n) is 4.13. The molecule has 4 rings (SSSR count). The van der Waals surface area contributed by atoms with E-state index in [1.165, 1.54) is 30.5 Å². The summed E-state index contributed by atoms with van der Waals surface area (Å²) in [5.41, 5.74) is 2.43. The number of amides is 1. The lowest BCUT2D eigenvalue weighted by Crippen LogP contribution is -2.55. The van der Waals surface area contributed by atoms with Crippen molar-refractivity contribution in [1.82, 2.24) is 19.7 Å². The van der Waals surface area contributed by atoms with Crippen LogP contribution in [0.25, 0.3) is 0 Å². The van der Waals surface area contributed by atoms with Crippen molar-refractivity contribution in [1.29, 1.82) is 0 Å². The van der Waals surface area contributed by atoms with Gasteiger partial charge in [0.25, 0.3) is 0 Å². The maximum absolute atomic E-state index is 12.7. The van der Waals surface area contributed by atoms with Crippen LogP contribution >= 0.6 is 0 Å². The van der Waals surface area contributed by atoms with Gasteiger partial charge in [-0.2, -0.15) is 0 Å². The molecule has 0 spiro atoms. The first-order valence-corrected chi connectivity index (χ1v) is 9.63. The van der Waals surface area contributed by atoms with Gasteiger partial charge >= 0.3 is 0 Å². The molecule has 2 fully saturated rings. The molecule has 25 heavy (non-hydrogen) atoms. The molecule has 1 aromatic heterocycles. The van der Waals surface area contributed by atoms with Crippen LogP contribution in [-0.2, 0) is 17.8 Å². The minimum Gasteiger partial charge on any atom is -0.373 e. The molecular formula is C19H29N5O. The summed E-state index contributed by atoms with van der Waals surface area (Å²) < 4.78 is 0. The average molecular weight is 343 g/mol. The van der Waals surface area contributed by atoms with Gasteiger partial charge in [-0.1, -0.05) is 12.5 Å². The van der Waals surface area contributed by atoms with Crippen molar-refractivity contribution in [3.63, 3.8) is 0 Å². The molecule has 0 radical (unpaired) electrons. The van der Waals surface area contributed by atoms with Crippen molar-refractivity contribution >= 4 is 11.7 Å². The summed E-state index contributed by atoms with van der Waals surface area (Å²) in [6.45, 7) is 6.18. The number of carbonyl (C=O) groups is 1. The molecule has 2 aliphatic heterocycles. The van der Waals surface area contributed by atoms with Crippen molar-refractivity contribution in [3.05, 3.63) is 23.4 Å². The molecule has 1 saturated heterocycles. The van der Waals surface area contributed by atoms with Crippen LogP contribution in [0.3, 0.4) is 0 Å². The Bertz CT molecular complexity index is 622. The zero-order valence-electron chi connectivity index (χ0n) is 15.2. The topological polar surface area (TPSA) is 51.7 Å². The average Bonchev–Trinajstić information content (AvgIpc) is 2.60. The van der Waals surface area contributed by atoms with Crippen LogP contribution in [-0.4, -0.2) is 77.9 Å². The Morgan fingerprint density at radius 3 is 2.68 bits per heavy atom. The van der Waals surface area contributed by atoms with Gasteiger partial charge in [0.05, 0.1) is 6.54 Å². The lowest BCUT2D eigenvalue weighted by Gasteiger charge is -2.43. The van der Waals surface area contributed by atoms with Crippen LogP contribution in [0, 0.1) is 0 Å². The molecule has 1 N–H and O–H groups in total. The van der Waals surface area contributed by atoms with Crippen molar-refractivity contribution in [2.75, 3.05) is 51.6 Å². The first kappa shape index (κ1) is 16.8. The van der Waals surface area contributed by atoms with Gasteiger partial charge in [0, 0.05) is 64.5 Å². The van der Waals surface area contributed by atoms with Crippen LogP contribution in [0.5, 0.6) is 0 Å². The number of hydrogen-bond donors (Lipinski definition) is 1. The summed E-state index contributed by atoms with van der Waals surface area (Å²) in [6, 6.07) is 4.96. The van der Waals surface area contributed by atoms with E-state index in [0.29, 0.717) is 6.54 Å². The molecular weight excluding hydrogens is 314 g/mol. The van der Waals surface area contributed by atoms with Gasteiger partial charge in [0.1, 0.15) is 5.82 Å². The third kappa shape index (κ3) is 3.65. The summed E-state index contributed by atoms with van der Waals surface area (Å²) in [6.07, 6.45) is 5.01. The summed E-state index contributed by atoms with van der Waals surface area (Å²) in [5, 5.41) is 3.09. The van der Waals surface area contributed by atoms with Crippen molar-refractivity contribution in [3.8, 4) is 0 Å². The van der Waals surface area contributed by atoms with E-state index in [2.05, 4.69) is 31.1 Å². The summed E-state index contributed by atoms with van der Waals surface area (Å²) in [7, 11) is 1.90. The molecule has 1 aliphatic carbocycles. The Balaban J connectivity index is 1.28. The number of rotatable bonds is 4. The molecule has 6 nitrogen and oxygen atoms in total. The van der Waals surface area contributed by atoms with Gasteiger partial charge in [0.2, 0.25) is 5.91 Å². The van der Waals surface area contributed by atoms with Crippen LogP contribution in [0.1, 0.15) is 30.5 Å². The molecule has 1 aromatic rings. The molecule has 0 atom stereocenters. The maximum Gasteiger partial charge on any atom is 0.236 e. The van der Waals surface area contributed by atoms with Gasteiger partial charge in [-0.3, -0.25) is 14.6 Å². The number of pyridine rings is 1. The van der Waals surface area contributed by atoms with E-state index < -0.39 is 0 Å². The van der Waals surface area contributed by atoms with Gasteiger partial charge in [-0.05, 0) is 24.5 Å². The van der Waals surface area contributed by atoms with Gasteiger partial charge in [-0.15, -0.1) is 0 Å². The van der Waals surface area contributed by atoms with E-state index in [9.17, 15) is 4.79 Å². The number of aromatic nitrogens is 1. The van der Waals surface area contributed by atoms with Gasteiger partial charge in [-0.25, -0.2) is 4.98 Å². The largest absolute Gasteiger partial charge is 0.373 e. The lowest BCUT2D eigenvalue weighted by molar-refractivity contribution is -0.135. The summed E-state index contributed by atoms with van der Waals surface area (Å²) in [5.74, 6) is 1.21. The van der Waals surface area contributed by atoms with E-state index in [0.717, 1.165) is 57.5 Å². The molecule has 3 heterocycles. The number of hydrogen-bond acceptors (Lipinski definition) is 5. The quantitative estimate of drug-likeness (QED) is 0.890. The molecule has 136 valence electrons. The van der Waals surface area contributed by atoms with Crippen LogP contribution in [0.4, 0.5) is 5.82 Å². The van der Waals surface area contributed by atoms with Crippen molar-refractivity contribution in [2.45, 2.75) is 38.3 Å². The highest BCUT2D eigenvalue weighted by Crippen LogP contribution is 2.25. The predicted molar refractivity (Wildman–Crippen MR) is 98.6 cm³/mol. The van der Waals surface area contributed by atoms with Crippen molar-refractivity contribution < 1.29 is 4.79 Å². The molecule has 1 saturated carbocycles. The molecule has 6 heteroatoms. The fraction of sp³-hybridized carbons (Fsp3) is 0.684. The third-order valence-corrected chi connectivity index (χ3v) is 6.00. The van der Waals surface area contributed by atoms with E-state index in [-0.39, 0.29) is 5.91 Å². The second-order valence-electron chi connectivity index (χ2n) is 7.51. The fourth-order valence-corrected chi connectivity index (χ4v) is 4.13. The highest BCUT2D eigenvalue weighted by atomic mass is 16.2. The SMILES string of the molecule is CNc1ccc2c(n1)CCN(CC(=O)N1CCN(C3CCC3)CC1)C2. The first-order valence-electron chi connectivity index (χ1n) is 9.63. The molecule has 3 aliphatic rings.